The monoisotopic (exact) mass is 311 g/mol. The molecule has 122 valence electrons. The molecule has 2 heterocycles. The zero-order chi connectivity index (χ0) is 15.9. The molecule has 1 unspecified atom stereocenters. The second-order valence-corrected chi connectivity index (χ2v) is 6.35. The van der Waals surface area contributed by atoms with Crippen LogP contribution in [0.1, 0.15) is 31.7 Å². The summed E-state index contributed by atoms with van der Waals surface area (Å²) >= 11 is 0. The minimum atomic E-state index is 0.704. The van der Waals surface area contributed by atoms with Crippen LogP contribution < -0.4 is 10.2 Å². The molecule has 0 spiro atoms. The number of piperidine rings is 1. The summed E-state index contributed by atoms with van der Waals surface area (Å²) in [5.74, 6) is 2.28. The van der Waals surface area contributed by atoms with Crippen molar-refractivity contribution in [1.82, 2.24) is 15.2 Å². The van der Waals surface area contributed by atoms with Gasteiger partial charge in [0.05, 0.1) is 6.20 Å². The topological polar surface area (TPSA) is 53.9 Å². The number of rotatable bonds is 6. The Morgan fingerprint density at radius 1 is 1.26 bits per heavy atom. The van der Waals surface area contributed by atoms with Gasteiger partial charge in [-0.3, -0.25) is 0 Å². The van der Waals surface area contributed by atoms with Crippen LogP contribution in [0.2, 0.25) is 0 Å². The van der Waals surface area contributed by atoms with E-state index in [-0.39, 0.29) is 0 Å². The van der Waals surface area contributed by atoms with Crippen molar-refractivity contribution in [2.24, 2.45) is 5.92 Å². The van der Waals surface area contributed by atoms with E-state index >= 15 is 0 Å². The molecule has 0 aliphatic carbocycles. The lowest BCUT2D eigenvalue weighted by atomic mass is 10.0. The van der Waals surface area contributed by atoms with Crippen molar-refractivity contribution in [3.63, 3.8) is 0 Å². The number of hydrogen-bond acceptors (Lipinski definition) is 5. The van der Waals surface area contributed by atoms with E-state index in [0.717, 1.165) is 44.2 Å². The van der Waals surface area contributed by atoms with Crippen LogP contribution in [0.15, 0.2) is 36.5 Å². The Morgan fingerprint density at radius 3 is 2.96 bits per heavy atom. The smallest absolute Gasteiger partial charge is 0.247 e. The lowest BCUT2D eigenvalue weighted by molar-refractivity contribution is 0.441. The van der Waals surface area contributed by atoms with E-state index < -0.39 is 0 Å². The highest BCUT2D eigenvalue weighted by Crippen LogP contribution is 2.20. The maximum atomic E-state index is 4.62. The summed E-state index contributed by atoms with van der Waals surface area (Å²) in [6, 6.07) is 10.6. The van der Waals surface area contributed by atoms with Crippen molar-refractivity contribution in [2.75, 3.05) is 29.9 Å². The molecule has 5 nitrogen and oxygen atoms in total. The van der Waals surface area contributed by atoms with E-state index in [0.29, 0.717) is 5.92 Å². The molecule has 0 saturated carbocycles. The first-order valence-electron chi connectivity index (χ1n) is 8.54. The molecule has 3 rings (SSSR count). The van der Waals surface area contributed by atoms with Crippen LogP contribution >= 0.6 is 0 Å². The summed E-state index contributed by atoms with van der Waals surface area (Å²) < 4.78 is 0. The number of benzene rings is 1. The SMILES string of the molecule is CC1CCCN(c2nncc(NCCCc3ccccc3)n2)C1. The average Bonchev–Trinajstić information content (AvgIpc) is 2.60. The highest BCUT2D eigenvalue weighted by atomic mass is 15.3. The molecule has 23 heavy (non-hydrogen) atoms. The Morgan fingerprint density at radius 2 is 2.13 bits per heavy atom. The summed E-state index contributed by atoms with van der Waals surface area (Å²) in [4.78, 5) is 6.86. The molecule has 1 N–H and O–H groups in total. The Hall–Kier alpha value is -2.17. The number of aryl methyl sites for hydroxylation is 1. The second kappa shape index (κ2) is 7.90. The van der Waals surface area contributed by atoms with Gasteiger partial charge in [-0.25, -0.2) is 0 Å². The number of anilines is 2. The lowest BCUT2D eigenvalue weighted by Gasteiger charge is -2.30. The van der Waals surface area contributed by atoms with Crippen molar-refractivity contribution in [3.8, 4) is 0 Å². The number of hydrogen-bond donors (Lipinski definition) is 1. The molecular formula is C18H25N5. The van der Waals surface area contributed by atoms with E-state index in [4.69, 9.17) is 0 Å². The molecule has 1 aliphatic rings. The Labute approximate surface area is 138 Å². The third kappa shape index (κ3) is 4.65. The minimum Gasteiger partial charge on any atom is -0.369 e. The first-order chi connectivity index (χ1) is 11.3. The fourth-order valence-electron chi connectivity index (χ4n) is 3.04. The fourth-order valence-corrected chi connectivity index (χ4v) is 3.04. The van der Waals surface area contributed by atoms with Crippen LogP contribution in [0, 0.1) is 5.92 Å². The zero-order valence-corrected chi connectivity index (χ0v) is 13.8. The van der Waals surface area contributed by atoms with Crippen LogP contribution in [0.3, 0.4) is 0 Å². The molecule has 5 heteroatoms. The standard InChI is InChI=1S/C18H25N5/c1-15-7-6-12-23(14-15)18-21-17(13-20-22-18)19-11-5-10-16-8-3-2-4-9-16/h2-4,8-9,13,15H,5-7,10-12,14H2,1H3,(H,19,21,22). The molecular weight excluding hydrogens is 286 g/mol. The lowest BCUT2D eigenvalue weighted by Crippen LogP contribution is -2.35. The molecule has 1 aromatic carbocycles. The third-order valence-electron chi connectivity index (χ3n) is 4.28. The predicted octanol–water partition coefficient (Wildman–Crippen LogP) is 3.15. The summed E-state index contributed by atoms with van der Waals surface area (Å²) in [5, 5.41) is 11.7. The first-order valence-corrected chi connectivity index (χ1v) is 8.54. The van der Waals surface area contributed by atoms with Gasteiger partial charge in [-0.1, -0.05) is 37.3 Å². The van der Waals surface area contributed by atoms with Crippen molar-refractivity contribution in [3.05, 3.63) is 42.1 Å². The largest absolute Gasteiger partial charge is 0.369 e. The van der Waals surface area contributed by atoms with Crippen LogP contribution in [0.25, 0.3) is 0 Å². The summed E-state index contributed by atoms with van der Waals surface area (Å²) in [6.07, 6.45) is 6.35. The molecule has 1 aliphatic heterocycles. The van der Waals surface area contributed by atoms with Crippen molar-refractivity contribution >= 4 is 11.8 Å². The van der Waals surface area contributed by atoms with Crippen molar-refractivity contribution < 1.29 is 0 Å². The quantitative estimate of drug-likeness (QED) is 0.831. The van der Waals surface area contributed by atoms with Crippen LogP contribution in [-0.4, -0.2) is 34.8 Å². The first kappa shape index (κ1) is 15.7. The van der Waals surface area contributed by atoms with Crippen LogP contribution in [0.5, 0.6) is 0 Å². The Bertz CT molecular complexity index is 601. The summed E-state index contributed by atoms with van der Waals surface area (Å²) in [6.45, 7) is 5.23. The molecule has 0 radical (unpaired) electrons. The molecule has 0 bridgehead atoms. The summed E-state index contributed by atoms with van der Waals surface area (Å²) in [7, 11) is 0. The molecule has 2 aromatic rings. The van der Waals surface area contributed by atoms with Crippen LogP contribution in [0.4, 0.5) is 11.8 Å². The van der Waals surface area contributed by atoms with Gasteiger partial charge in [-0.05, 0) is 37.2 Å². The highest BCUT2D eigenvalue weighted by Gasteiger charge is 2.19. The average molecular weight is 311 g/mol. The van der Waals surface area contributed by atoms with E-state index in [2.05, 4.69) is 62.7 Å². The van der Waals surface area contributed by atoms with Gasteiger partial charge in [-0.2, -0.15) is 10.1 Å². The van der Waals surface area contributed by atoms with Gasteiger partial charge in [-0.15, -0.1) is 5.10 Å². The molecule has 0 amide bonds. The van der Waals surface area contributed by atoms with Gasteiger partial charge in [0, 0.05) is 19.6 Å². The van der Waals surface area contributed by atoms with E-state index in [1.807, 2.05) is 0 Å². The molecule has 1 aromatic heterocycles. The van der Waals surface area contributed by atoms with E-state index in [1.165, 1.54) is 18.4 Å². The van der Waals surface area contributed by atoms with Crippen LogP contribution in [-0.2, 0) is 6.42 Å². The number of nitrogens with zero attached hydrogens (tertiary/aromatic N) is 4. The van der Waals surface area contributed by atoms with E-state index in [9.17, 15) is 0 Å². The maximum Gasteiger partial charge on any atom is 0.247 e. The maximum absolute atomic E-state index is 4.62. The zero-order valence-electron chi connectivity index (χ0n) is 13.8. The van der Waals surface area contributed by atoms with Gasteiger partial charge < -0.3 is 10.2 Å². The molecule has 1 saturated heterocycles. The predicted molar refractivity (Wildman–Crippen MR) is 93.7 cm³/mol. The second-order valence-electron chi connectivity index (χ2n) is 6.35. The van der Waals surface area contributed by atoms with Gasteiger partial charge in [0.1, 0.15) is 0 Å². The van der Waals surface area contributed by atoms with Gasteiger partial charge >= 0.3 is 0 Å². The number of nitrogens with one attached hydrogen (secondary N) is 1. The minimum absolute atomic E-state index is 0.704. The summed E-state index contributed by atoms with van der Waals surface area (Å²) in [5.41, 5.74) is 1.37. The van der Waals surface area contributed by atoms with Gasteiger partial charge in [0.2, 0.25) is 5.95 Å². The highest BCUT2D eigenvalue weighted by molar-refractivity contribution is 5.39. The van der Waals surface area contributed by atoms with Gasteiger partial charge in [0.25, 0.3) is 0 Å². The van der Waals surface area contributed by atoms with Crippen molar-refractivity contribution in [1.29, 1.82) is 0 Å². The Balaban J connectivity index is 1.49. The van der Waals surface area contributed by atoms with E-state index in [1.54, 1.807) is 6.20 Å². The molecule has 1 fully saturated rings. The van der Waals surface area contributed by atoms with Crippen molar-refractivity contribution in [2.45, 2.75) is 32.6 Å². The third-order valence-corrected chi connectivity index (χ3v) is 4.28. The normalized spacial score (nSPS) is 18.0. The fraction of sp³-hybridized carbons (Fsp3) is 0.500. The molecule has 1 atom stereocenters. The Kier molecular flexibility index (Phi) is 5.40. The van der Waals surface area contributed by atoms with Gasteiger partial charge in [0.15, 0.2) is 5.82 Å². The number of aromatic nitrogens is 3.